The zero-order chi connectivity index (χ0) is 11.3. The summed E-state index contributed by atoms with van der Waals surface area (Å²) in [5.74, 6) is -1.78. The summed E-state index contributed by atoms with van der Waals surface area (Å²) >= 11 is 0. The molecule has 1 aromatic rings. The number of hydrogen-bond donors (Lipinski definition) is 1. The number of rotatable bonds is 5. The number of carboxylic acid groups (broad SMARTS) is 1. The Balaban J connectivity index is 2.76. The van der Waals surface area contributed by atoms with Gasteiger partial charge in [-0.3, -0.25) is 0 Å². The normalized spacial score (nSPS) is 10.0. The van der Waals surface area contributed by atoms with Gasteiger partial charge < -0.3 is 14.6 Å². The highest BCUT2D eigenvalue weighted by Crippen LogP contribution is 2.18. The Labute approximate surface area is 86.2 Å². The van der Waals surface area contributed by atoms with E-state index in [1.807, 2.05) is 0 Å². The highest BCUT2D eigenvalue weighted by Gasteiger charge is 2.08. The number of carboxylic acids is 1. The number of hydrogen-bond acceptors (Lipinski definition) is 3. The maximum absolute atomic E-state index is 13.1. The van der Waals surface area contributed by atoms with Gasteiger partial charge in [-0.25, -0.2) is 9.18 Å². The second-order valence-corrected chi connectivity index (χ2v) is 2.79. The largest absolute Gasteiger partial charge is 0.488 e. The van der Waals surface area contributed by atoms with Gasteiger partial charge >= 0.3 is 5.97 Å². The van der Waals surface area contributed by atoms with Gasteiger partial charge in [0.15, 0.2) is 11.6 Å². The molecule has 0 aliphatic carbocycles. The standard InChI is InChI=1S/C10H11FO4/c1-14-4-5-15-9-6-7(10(12)13)2-3-8(9)11/h2-3,6H,4-5H2,1H3,(H,12,13). The highest BCUT2D eigenvalue weighted by molar-refractivity contribution is 5.88. The number of carbonyl (C=O) groups is 1. The fraction of sp³-hybridized carbons (Fsp3) is 0.300. The lowest BCUT2D eigenvalue weighted by molar-refractivity contribution is 0.0696. The summed E-state index contributed by atoms with van der Waals surface area (Å²) in [7, 11) is 1.49. The predicted molar refractivity (Wildman–Crippen MR) is 50.7 cm³/mol. The third-order valence-corrected chi connectivity index (χ3v) is 1.72. The van der Waals surface area contributed by atoms with Crippen LogP contribution in [0.25, 0.3) is 0 Å². The maximum atomic E-state index is 13.1. The SMILES string of the molecule is COCCOc1cc(C(=O)O)ccc1F. The lowest BCUT2D eigenvalue weighted by atomic mass is 10.2. The van der Waals surface area contributed by atoms with E-state index in [9.17, 15) is 9.18 Å². The first kappa shape index (κ1) is 11.5. The molecule has 4 nitrogen and oxygen atoms in total. The Bertz CT molecular complexity index is 351. The van der Waals surface area contributed by atoms with Gasteiger partial charge in [0.25, 0.3) is 0 Å². The molecule has 1 N–H and O–H groups in total. The van der Waals surface area contributed by atoms with E-state index >= 15 is 0 Å². The molecule has 0 spiro atoms. The van der Waals surface area contributed by atoms with E-state index in [1.165, 1.54) is 13.2 Å². The lowest BCUT2D eigenvalue weighted by Crippen LogP contribution is -2.06. The van der Waals surface area contributed by atoms with E-state index in [4.69, 9.17) is 14.6 Å². The number of methoxy groups -OCH3 is 1. The summed E-state index contributed by atoms with van der Waals surface area (Å²) < 4.78 is 22.8. The molecule has 15 heavy (non-hydrogen) atoms. The fourth-order valence-corrected chi connectivity index (χ4v) is 0.982. The van der Waals surface area contributed by atoms with Crippen molar-refractivity contribution in [3.8, 4) is 5.75 Å². The van der Waals surface area contributed by atoms with Crippen LogP contribution in [0.4, 0.5) is 4.39 Å². The first-order chi connectivity index (χ1) is 7.15. The molecular weight excluding hydrogens is 203 g/mol. The summed E-state index contributed by atoms with van der Waals surface area (Å²) in [4.78, 5) is 10.6. The molecule has 1 aromatic carbocycles. The van der Waals surface area contributed by atoms with Crippen LogP contribution in [0.15, 0.2) is 18.2 Å². The number of halogens is 1. The van der Waals surface area contributed by atoms with Gasteiger partial charge in [0.2, 0.25) is 0 Å². The molecule has 0 radical (unpaired) electrons. The van der Waals surface area contributed by atoms with Crippen molar-refractivity contribution in [2.24, 2.45) is 0 Å². The van der Waals surface area contributed by atoms with Crippen LogP contribution in [0.3, 0.4) is 0 Å². The molecule has 0 fully saturated rings. The summed E-state index contributed by atoms with van der Waals surface area (Å²) in [5, 5.41) is 8.67. The highest BCUT2D eigenvalue weighted by atomic mass is 19.1. The number of ether oxygens (including phenoxy) is 2. The second-order valence-electron chi connectivity index (χ2n) is 2.79. The van der Waals surface area contributed by atoms with Gasteiger partial charge in [0.05, 0.1) is 12.2 Å². The van der Waals surface area contributed by atoms with Gasteiger partial charge in [0.1, 0.15) is 6.61 Å². The average molecular weight is 214 g/mol. The van der Waals surface area contributed by atoms with Crippen LogP contribution in [-0.2, 0) is 4.74 Å². The van der Waals surface area contributed by atoms with Crippen LogP contribution in [0, 0.1) is 5.82 Å². The summed E-state index contributed by atoms with van der Waals surface area (Å²) in [5.41, 5.74) is -0.0104. The van der Waals surface area contributed by atoms with Crippen LogP contribution in [0.5, 0.6) is 5.75 Å². The Morgan fingerprint density at radius 3 is 2.80 bits per heavy atom. The molecule has 0 heterocycles. The molecular formula is C10H11FO4. The van der Waals surface area contributed by atoms with Crippen molar-refractivity contribution in [2.45, 2.75) is 0 Å². The van der Waals surface area contributed by atoms with E-state index in [0.717, 1.165) is 12.1 Å². The molecule has 0 saturated heterocycles. The van der Waals surface area contributed by atoms with E-state index in [0.29, 0.717) is 6.61 Å². The number of aromatic carboxylic acids is 1. The third-order valence-electron chi connectivity index (χ3n) is 1.72. The van der Waals surface area contributed by atoms with Gasteiger partial charge in [-0.15, -0.1) is 0 Å². The van der Waals surface area contributed by atoms with E-state index in [2.05, 4.69) is 0 Å². The molecule has 0 bridgehead atoms. The third kappa shape index (κ3) is 3.21. The molecule has 0 aromatic heterocycles. The van der Waals surface area contributed by atoms with Crippen molar-refractivity contribution in [3.63, 3.8) is 0 Å². The predicted octanol–water partition coefficient (Wildman–Crippen LogP) is 1.55. The van der Waals surface area contributed by atoms with Crippen molar-refractivity contribution >= 4 is 5.97 Å². The smallest absolute Gasteiger partial charge is 0.335 e. The summed E-state index contributed by atoms with van der Waals surface area (Å²) in [6.07, 6.45) is 0. The molecule has 0 atom stereocenters. The van der Waals surface area contributed by atoms with Crippen molar-refractivity contribution in [1.29, 1.82) is 0 Å². The Hall–Kier alpha value is -1.62. The molecule has 82 valence electrons. The molecule has 0 aliphatic heterocycles. The maximum Gasteiger partial charge on any atom is 0.335 e. The quantitative estimate of drug-likeness (QED) is 0.755. The summed E-state index contributed by atoms with van der Waals surface area (Å²) in [6, 6.07) is 3.39. The van der Waals surface area contributed by atoms with Gasteiger partial charge in [0, 0.05) is 7.11 Å². The minimum atomic E-state index is -1.12. The first-order valence-electron chi connectivity index (χ1n) is 4.29. The molecule has 0 saturated carbocycles. The monoisotopic (exact) mass is 214 g/mol. The van der Waals surface area contributed by atoms with E-state index < -0.39 is 11.8 Å². The molecule has 5 heteroatoms. The van der Waals surface area contributed by atoms with Crippen molar-refractivity contribution < 1.29 is 23.8 Å². The van der Waals surface area contributed by atoms with Crippen molar-refractivity contribution in [3.05, 3.63) is 29.6 Å². The topological polar surface area (TPSA) is 55.8 Å². The van der Waals surface area contributed by atoms with Crippen LogP contribution in [-0.4, -0.2) is 31.4 Å². The van der Waals surface area contributed by atoms with Gasteiger partial charge in [-0.1, -0.05) is 0 Å². The molecule has 1 rings (SSSR count). The Morgan fingerprint density at radius 2 is 2.20 bits per heavy atom. The Morgan fingerprint density at radius 1 is 1.47 bits per heavy atom. The fourth-order valence-electron chi connectivity index (χ4n) is 0.982. The first-order valence-corrected chi connectivity index (χ1v) is 4.29. The van der Waals surface area contributed by atoms with Crippen LogP contribution >= 0.6 is 0 Å². The van der Waals surface area contributed by atoms with Crippen molar-refractivity contribution in [2.75, 3.05) is 20.3 Å². The second kappa shape index (κ2) is 5.31. The minimum Gasteiger partial charge on any atom is -0.488 e. The zero-order valence-electron chi connectivity index (χ0n) is 8.20. The van der Waals surface area contributed by atoms with Gasteiger partial charge in [-0.2, -0.15) is 0 Å². The van der Waals surface area contributed by atoms with E-state index in [-0.39, 0.29) is 17.9 Å². The van der Waals surface area contributed by atoms with Crippen LogP contribution < -0.4 is 4.74 Å². The Kier molecular flexibility index (Phi) is 4.05. The number of benzene rings is 1. The summed E-state index contributed by atoms with van der Waals surface area (Å²) in [6.45, 7) is 0.493. The van der Waals surface area contributed by atoms with Gasteiger partial charge in [-0.05, 0) is 18.2 Å². The minimum absolute atomic E-state index is 0.0104. The van der Waals surface area contributed by atoms with E-state index in [1.54, 1.807) is 0 Å². The van der Waals surface area contributed by atoms with Crippen molar-refractivity contribution in [1.82, 2.24) is 0 Å². The molecule has 0 amide bonds. The van der Waals surface area contributed by atoms with Crippen LogP contribution in [0.1, 0.15) is 10.4 Å². The van der Waals surface area contributed by atoms with Crippen LogP contribution in [0.2, 0.25) is 0 Å². The average Bonchev–Trinajstić information content (AvgIpc) is 2.20. The lowest BCUT2D eigenvalue weighted by Gasteiger charge is -2.07. The molecule has 0 aliphatic rings. The molecule has 0 unspecified atom stereocenters. The zero-order valence-corrected chi connectivity index (χ0v) is 8.20.